The van der Waals surface area contributed by atoms with E-state index >= 15 is 0 Å². The van der Waals surface area contributed by atoms with Crippen LogP contribution in [0.2, 0.25) is 0 Å². The summed E-state index contributed by atoms with van der Waals surface area (Å²) < 4.78 is 5.72. The molecule has 0 aliphatic carbocycles. The maximum Gasteiger partial charge on any atom is 0.257 e. The molecule has 0 aromatic heterocycles. The highest BCUT2D eigenvalue weighted by Crippen LogP contribution is 2.22. The Bertz CT molecular complexity index is 900. The van der Waals surface area contributed by atoms with E-state index in [4.69, 9.17) is 4.74 Å². The molecular formula is C24H28N2O4. The van der Waals surface area contributed by atoms with Crippen molar-refractivity contribution in [2.24, 2.45) is 5.92 Å². The molecule has 6 heteroatoms. The number of likely N-dealkylation sites (tertiary alicyclic amines) is 1. The van der Waals surface area contributed by atoms with Crippen LogP contribution in [0.3, 0.4) is 0 Å². The highest BCUT2D eigenvalue weighted by atomic mass is 16.5. The van der Waals surface area contributed by atoms with Gasteiger partial charge in [-0.3, -0.25) is 14.4 Å². The van der Waals surface area contributed by atoms with E-state index in [0.29, 0.717) is 22.6 Å². The van der Waals surface area contributed by atoms with Gasteiger partial charge < -0.3 is 15.0 Å². The van der Waals surface area contributed by atoms with Gasteiger partial charge in [-0.1, -0.05) is 26.0 Å². The van der Waals surface area contributed by atoms with Crippen molar-refractivity contribution < 1.29 is 19.1 Å². The molecule has 1 N–H and O–H groups in total. The first-order valence-electron chi connectivity index (χ1n) is 10.4. The van der Waals surface area contributed by atoms with Crippen molar-refractivity contribution in [3.8, 4) is 5.75 Å². The van der Waals surface area contributed by atoms with Crippen LogP contribution in [-0.4, -0.2) is 42.2 Å². The van der Waals surface area contributed by atoms with Gasteiger partial charge in [-0.2, -0.15) is 0 Å². The molecule has 0 saturated carbocycles. The molecule has 0 bridgehead atoms. The van der Waals surface area contributed by atoms with Crippen molar-refractivity contribution in [3.63, 3.8) is 0 Å². The lowest BCUT2D eigenvalue weighted by atomic mass is 10.1. The molecule has 1 heterocycles. The number of hydrogen-bond acceptors (Lipinski definition) is 4. The number of piperidine rings is 1. The number of rotatable bonds is 7. The lowest BCUT2D eigenvalue weighted by Crippen LogP contribution is -2.35. The van der Waals surface area contributed by atoms with Crippen LogP contribution in [0.1, 0.15) is 53.8 Å². The molecule has 0 radical (unpaired) electrons. The van der Waals surface area contributed by atoms with Gasteiger partial charge in [0.05, 0.1) is 5.56 Å². The first-order valence-corrected chi connectivity index (χ1v) is 10.4. The van der Waals surface area contributed by atoms with Crippen molar-refractivity contribution in [2.45, 2.75) is 33.1 Å². The van der Waals surface area contributed by atoms with Crippen LogP contribution in [0.25, 0.3) is 0 Å². The van der Waals surface area contributed by atoms with Crippen molar-refractivity contribution >= 4 is 23.3 Å². The highest BCUT2D eigenvalue weighted by molar-refractivity contribution is 5.99. The fourth-order valence-electron chi connectivity index (χ4n) is 3.29. The van der Waals surface area contributed by atoms with Crippen LogP contribution in [-0.2, 0) is 4.79 Å². The second kappa shape index (κ2) is 10.1. The predicted molar refractivity (Wildman–Crippen MR) is 116 cm³/mol. The summed E-state index contributed by atoms with van der Waals surface area (Å²) in [6.45, 7) is 4.98. The Morgan fingerprint density at radius 1 is 0.967 bits per heavy atom. The van der Waals surface area contributed by atoms with Gasteiger partial charge in [-0.15, -0.1) is 0 Å². The molecule has 1 saturated heterocycles. The first kappa shape index (κ1) is 21.6. The average Bonchev–Trinajstić information content (AvgIpc) is 2.78. The van der Waals surface area contributed by atoms with Gasteiger partial charge in [-0.05, 0) is 55.7 Å². The van der Waals surface area contributed by atoms with E-state index in [0.717, 1.165) is 32.4 Å². The van der Waals surface area contributed by atoms with Gasteiger partial charge >= 0.3 is 0 Å². The van der Waals surface area contributed by atoms with Gasteiger partial charge in [0.2, 0.25) is 5.91 Å². The topological polar surface area (TPSA) is 75.7 Å². The molecule has 1 aliphatic heterocycles. The van der Waals surface area contributed by atoms with Gasteiger partial charge in [0.1, 0.15) is 5.75 Å². The number of amides is 2. The second-order valence-electron chi connectivity index (χ2n) is 7.78. The number of ether oxygens (including phenoxy) is 1. The normalized spacial score (nSPS) is 13.8. The van der Waals surface area contributed by atoms with Crippen LogP contribution in [0, 0.1) is 5.92 Å². The third-order valence-electron chi connectivity index (χ3n) is 5.12. The van der Waals surface area contributed by atoms with Crippen LogP contribution in [0.5, 0.6) is 5.75 Å². The van der Waals surface area contributed by atoms with Crippen LogP contribution < -0.4 is 10.1 Å². The summed E-state index contributed by atoms with van der Waals surface area (Å²) in [5, 5.41) is 2.79. The van der Waals surface area contributed by atoms with E-state index in [1.54, 1.807) is 48.5 Å². The third-order valence-corrected chi connectivity index (χ3v) is 5.12. The summed E-state index contributed by atoms with van der Waals surface area (Å²) in [4.78, 5) is 39.0. The number of anilines is 1. The Hall–Kier alpha value is -3.15. The van der Waals surface area contributed by atoms with Gasteiger partial charge in [0.25, 0.3) is 5.91 Å². The molecule has 1 fully saturated rings. The fraction of sp³-hybridized carbons (Fsp3) is 0.375. The van der Waals surface area contributed by atoms with Crippen molar-refractivity contribution in [1.29, 1.82) is 0 Å². The quantitative estimate of drug-likeness (QED) is 0.698. The minimum Gasteiger partial charge on any atom is -0.485 e. The average molecular weight is 408 g/mol. The van der Waals surface area contributed by atoms with E-state index in [1.807, 2.05) is 18.7 Å². The lowest BCUT2D eigenvalue weighted by molar-refractivity contribution is -0.118. The van der Waals surface area contributed by atoms with Crippen LogP contribution >= 0.6 is 0 Å². The summed E-state index contributed by atoms with van der Waals surface area (Å²) >= 11 is 0. The van der Waals surface area contributed by atoms with Gasteiger partial charge in [-0.25, -0.2) is 0 Å². The van der Waals surface area contributed by atoms with E-state index < -0.39 is 0 Å². The SMILES string of the molecule is CC(C)C(=O)Nc1ccc(C(=O)COc2ccccc2C(=O)N2CCCCC2)cc1. The summed E-state index contributed by atoms with van der Waals surface area (Å²) in [6, 6.07) is 13.8. The Balaban J connectivity index is 1.62. The molecule has 0 atom stereocenters. The number of nitrogens with one attached hydrogen (secondary N) is 1. The molecule has 1 aliphatic rings. The summed E-state index contributed by atoms with van der Waals surface area (Å²) in [5.41, 5.74) is 1.61. The first-order chi connectivity index (χ1) is 14.5. The molecule has 2 aromatic carbocycles. The molecule has 2 amide bonds. The standard InChI is InChI=1S/C24H28N2O4/c1-17(2)23(28)25-19-12-10-18(11-13-19)21(27)16-30-22-9-5-4-8-20(22)24(29)26-14-6-3-7-15-26/h4-5,8-13,17H,3,6-7,14-16H2,1-2H3,(H,25,28). The number of nitrogens with zero attached hydrogens (tertiary/aromatic N) is 1. The largest absolute Gasteiger partial charge is 0.485 e. The summed E-state index contributed by atoms with van der Waals surface area (Å²) in [7, 11) is 0. The van der Waals surface area contributed by atoms with Crippen LogP contribution in [0.15, 0.2) is 48.5 Å². The van der Waals surface area contributed by atoms with Gasteiger partial charge in [0, 0.05) is 30.3 Å². The molecule has 2 aromatic rings. The zero-order chi connectivity index (χ0) is 21.5. The summed E-state index contributed by atoms with van der Waals surface area (Å²) in [5.74, 6) is -0.0259. The maximum absolute atomic E-state index is 12.8. The van der Waals surface area contributed by atoms with E-state index in [-0.39, 0.29) is 30.1 Å². The van der Waals surface area contributed by atoms with Crippen LogP contribution in [0.4, 0.5) is 5.69 Å². The predicted octanol–water partition coefficient (Wildman–Crippen LogP) is 4.17. The minimum atomic E-state index is -0.197. The molecule has 30 heavy (non-hydrogen) atoms. The highest BCUT2D eigenvalue weighted by Gasteiger charge is 2.21. The molecule has 3 rings (SSSR count). The summed E-state index contributed by atoms with van der Waals surface area (Å²) in [6.07, 6.45) is 3.18. The zero-order valence-corrected chi connectivity index (χ0v) is 17.5. The minimum absolute atomic E-state index is 0.0528. The monoisotopic (exact) mass is 408 g/mol. The van der Waals surface area contributed by atoms with E-state index in [1.165, 1.54) is 0 Å². The maximum atomic E-state index is 12.8. The number of carbonyl (C=O) groups excluding carboxylic acids is 3. The van der Waals surface area contributed by atoms with Crippen molar-refractivity contribution in [3.05, 3.63) is 59.7 Å². The zero-order valence-electron chi connectivity index (χ0n) is 17.5. The smallest absolute Gasteiger partial charge is 0.257 e. The Kier molecular flexibility index (Phi) is 7.22. The third kappa shape index (κ3) is 5.47. The Labute approximate surface area is 177 Å². The number of carbonyl (C=O) groups is 3. The molecule has 6 nitrogen and oxygen atoms in total. The fourth-order valence-corrected chi connectivity index (χ4v) is 3.29. The van der Waals surface area contributed by atoms with Crippen molar-refractivity contribution in [1.82, 2.24) is 4.90 Å². The number of Topliss-reactive ketones (excluding diaryl/α,β-unsaturated/α-hetero) is 1. The number of para-hydroxylation sites is 1. The Morgan fingerprint density at radius 3 is 2.30 bits per heavy atom. The lowest BCUT2D eigenvalue weighted by Gasteiger charge is -2.27. The Morgan fingerprint density at radius 2 is 1.63 bits per heavy atom. The molecule has 158 valence electrons. The number of ketones is 1. The molecule has 0 spiro atoms. The number of benzene rings is 2. The van der Waals surface area contributed by atoms with Gasteiger partial charge in [0.15, 0.2) is 12.4 Å². The molecular weight excluding hydrogens is 380 g/mol. The van der Waals surface area contributed by atoms with E-state index in [9.17, 15) is 14.4 Å². The van der Waals surface area contributed by atoms with Crippen molar-refractivity contribution in [2.75, 3.05) is 25.0 Å². The molecule has 0 unspecified atom stereocenters. The number of hydrogen-bond donors (Lipinski definition) is 1. The second-order valence-corrected chi connectivity index (χ2v) is 7.78. The van der Waals surface area contributed by atoms with E-state index in [2.05, 4.69) is 5.32 Å².